The lowest BCUT2D eigenvalue weighted by molar-refractivity contribution is 0.0468. The van der Waals surface area contributed by atoms with Crippen molar-refractivity contribution in [2.24, 2.45) is 0 Å². The van der Waals surface area contributed by atoms with E-state index in [-0.39, 0.29) is 11.6 Å². The topological polar surface area (TPSA) is 18.5 Å². The molecule has 0 amide bonds. The molecule has 0 aliphatic carbocycles. The molecule has 0 aromatic heterocycles. The Balaban J connectivity index is 1.57. The van der Waals surface area contributed by atoms with Gasteiger partial charge in [0.1, 0.15) is 23.8 Å². The molecule has 0 N–H and O–H groups in total. The van der Waals surface area contributed by atoms with Crippen molar-refractivity contribution in [3.05, 3.63) is 193 Å². The van der Waals surface area contributed by atoms with Gasteiger partial charge < -0.3 is 8.85 Å². The summed E-state index contributed by atoms with van der Waals surface area (Å²) in [4.78, 5) is 0. The van der Waals surface area contributed by atoms with E-state index in [1.807, 2.05) is 72.8 Å². The Labute approximate surface area is 272 Å². The number of hydrogen-bond acceptors (Lipinski definition) is 2. The number of rotatable bonds is 11. The van der Waals surface area contributed by atoms with Gasteiger partial charge in [0, 0.05) is 0 Å². The van der Waals surface area contributed by atoms with Crippen LogP contribution in [0.2, 0.25) is 13.1 Å². The third-order valence-electron chi connectivity index (χ3n) is 8.70. The van der Waals surface area contributed by atoms with Crippen molar-refractivity contribution in [1.82, 2.24) is 0 Å². The van der Waals surface area contributed by atoms with Gasteiger partial charge in [-0.05, 0) is 69.2 Å². The second-order valence-electron chi connectivity index (χ2n) is 11.7. The Morgan fingerprint density at radius 1 is 0.370 bits per heavy atom. The van der Waals surface area contributed by atoms with Crippen LogP contribution in [0.5, 0.6) is 0 Å². The molecule has 0 unspecified atom stereocenters. The molecule has 6 rings (SSSR count). The monoisotopic (exact) mass is 642 g/mol. The van der Waals surface area contributed by atoms with E-state index in [1.165, 1.54) is 24.3 Å². The summed E-state index contributed by atoms with van der Waals surface area (Å²) < 4.78 is 43.8. The molecular formula is C40H36F2O2Si2. The van der Waals surface area contributed by atoms with Crippen LogP contribution in [-0.2, 0) is 8.85 Å². The third-order valence-corrected chi connectivity index (χ3v) is 15.9. The van der Waals surface area contributed by atoms with Gasteiger partial charge in [0.25, 0.3) is 16.6 Å². The first-order chi connectivity index (χ1) is 22.4. The number of halogens is 2. The van der Waals surface area contributed by atoms with Crippen LogP contribution in [0.1, 0.15) is 23.3 Å². The number of hydrogen-bond donors (Lipinski definition) is 0. The molecule has 6 heteroatoms. The fraction of sp³-hybridized carbons (Fsp3) is 0.100. The molecule has 6 aromatic rings. The minimum absolute atomic E-state index is 0.333. The van der Waals surface area contributed by atoms with Crippen LogP contribution in [0.3, 0.4) is 0 Å². The molecule has 46 heavy (non-hydrogen) atoms. The second-order valence-corrected chi connectivity index (χ2v) is 18.6. The minimum atomic E-state index is -2.93. The summed E-state index contributed by atoms with van der Waals surface area (Å²) in [5.41, 5.74) is 1.55. The van der Waals surface area contributed by atoms with Gasteiger partial charge in [0.2, 0.25) is 0 Å². The van der Waals surface area contributed by atoms with E-state index in [0.717, 1.165) is 31.9 Å². The largest absolute Gasteiger partial charge is 0.398 e. The number of benzene rings is 6. The van der Waals surface area contributed by atoms with Gasteiger partial charge in [-0.15, -0.1) is 0 Å². The summed E-state index contributed by atoms with van der Waals surface area (Å²) in [7, 11) is -5.87. The zero-order valence-corrected chi connectivity index (χ0v) is 27.9. The highest BCUT2D eigenvalue weighted by atomic mass is 28.4. The highest BCUT2D eigenvalue weighted by Gasteiger charge is 2.44. The minimum Gasteiger partial charge on any atom is -0.398 e. The lowest BCUT2D eigenvalue weighted by atomic mass is 9.98. The Hall–Kier alpha value is -4.47. The quantitative estimate of drug-likeness (QED) is 0.136. The predicted octanol–water partition coefficient (Wildman–Crippen LogP) is 7.56. The van der Waals surface area contributed by atoms with Crippen LogP contribution in [0.25, 0.3) is 0 Å². The molecule has 0 saturated carbocycles. The van der Waals surface area contributed by atoms with Gasteiger partial charge >= 0.3 is 0 Å². The van der Waals surface area contributed by atoms with E-state index in [1.54, 1.807) is 24.3 Å². The fourth-order valence-corrected chi connectivity index (χ4v) is 12.1. The van der Waals surface area contributed by atoms with Crippen LogP contribution in [0.15, 0.2) is 170 Å². The van der Waals surface area contributed by atoms with Crippen LogP contribution < -0.4 is 20.7 Å². The van der Waals surface area contributed by atoms with Gasteiger partial charge in [0.15, 0.2) is 0 Å². The Morgan fingerprint density at radius 2 is 0.609 bits per heavy atom. The Bertz CT molecular complexity index is 1600. The standard InChI is InChI=1S/C40H36F2O2Si2/c1-45(35-15-7-3-8-16-35,36-17-9-4-10-18-36)43-39(31-23-27-33(41)28-24-31)40(32-25-29-34(42)30-26-32)44-46(2,37-19-11-5-12-20-37)38-21-13-6-14-22-38/h3-30,39-40H,1-2H3/t39-,40-/m1/s1. The van der Waals surface area contributed by atoms with Gasteiger partial charge in [0.05, 0.1) is 0 Å². The van der Waals surface area contributed by atoms with E-state index in [9.17, 15) is 8.78 Å². The lowest BCUT2D eigenvalue weighted by Gasteiger charge is -2.41. The predicted molar refractivity (Wildman–Crippen MR) is 188 cm³/mol. The van der Waals surface area contributed by atoms with Crippen molar-refractivity contribution >= 4 is 37.4 Å². The molecule has 0 bridgehead atoms. The second kappa shape index (κ2) is 13.9. The highest BCUT2D eigenvalue weighted by Crippen LogP contribution is 2.39. The summed E-state index contributed by atoms with van der Waals surface area (Å²) in [5.74, 6) is -0.665. The fourth-order valence-electron chi connectivity index (χ4n) is 6.05. The maximum atomic E-state index is 14.4. The average molecular weight is 643 g/mol. The molecule has 0 saturated heterocycles. The molecule has 6 aromatic carbocycles. The van der Waals surface area contributed by atoms with Crippen LogP contribution in [0, 0.1) is 11.6 Å². The molecule has 0 radical (unpaired) electrons. The molecule has 2 atom stereocenters. The zero-order chi connectivity index (χ0) is 32.0. The molecule has 0 aliphatic rings. The smallest absolute Gasteiger partial charge is 0.253 e. The Morgan fingerprint density at radius 3 is 0.848 bits per heavy atom. The van der Waals surface area contributed by atoms with Crippen molar-refractivity contribution in [2.75, 3.05) is 0 Å². The SMILES string of the molecule is C[Si](O[C@H](c1ccc(F)cc1)[C@H](O[Si](C)(c1ccccc1)c1ccccc1)c1ccc(F)cc1)(c1ccccc1)c1ccccc1. The van der Waals surface area contributed by atoms with Crippen LogP contribution in [0.4, 0.5) is 8.78 Å². The first-order valence-corrected chi connectivity index (χ1v) is 20.3. The Kier molecular flexibility index (Phi) is 9.52. The molecular weight excluding hydrogens is 607 g/mol. The summed E-state index contributed by atoms with van der Waals surface area (Å²) in [6.07, 6.45) is -1.33. The molecule has 0 aliphatic heterocycles. The first kappa shape index (κ1) is 31.5. The maximum absolute atomic E-state index is 14.4. The van der Waals surface area contributed by atoms with E-state index >= 15 is 0 Å². The van der Waals surface area contributed by atoms with Crippen molar-refractivity contribution in [1.29, 1.82) is 0 Å². The molecule has 0 spiro atoms. The summed E-state index contributed by atoms with van der Waals surface area (Å²) in [6.45, 7) is 4.39. The van der Waals surface area contributed by atoms with E-state index < -0.39 is 28.8 Å². The molecule has 0 fully saturated rings. The van der Waals surface area contributed by atoms with Crippen molar-refractivity contribution in [3.63, 3.8) is 0 Å². The van der Waals surface area contributed by atoms with E-state index in [2.05, 4.69) is 61.6 Å². The normalized spacial score (nSPS) is 13.2. The zero-order valence-electron chi connectivity index (χ0n) is 25.9. The molecule has 0 heterocycles. The summed E-state index contributed by atoms with van der Waals surface area (Å²) in [5, 5.41) is 4.38. The third kappa shape index (κ3) is 6.71. The van der Waals surface area contributed by atoms with Crippen LogP contribution >= 0.6 is 0 Å². The van der Waals surface area contributed by atoms with Crippen LogP contribution in [-0.4, -0.2) is 16.6 Å². The lowest BCUT2D eigenvalue weighted by Crippen LogP contribution is -2.61. The van der Waals surface area contributed by atoms with E-state index in [0.29, 0.717) is 0 Å². The molecule has 2 nitrogen and oxygen atoms in total. The van der Waals surface area contributed by atoms with Crippen molar-refractivity contribution < 1.29 is 17.6 Å². The maximum Gasteiger partial charge on any atom is 0.253 e. The first-order valence-electron chi connectivity index (χ1n) is 15.5. The summed E-state index contributed by atoms with van der Waals surface area (Å²) >= 11 is 0. The van der Waals surface area contributed by atoms with Gasteiger partial charge in [-0.3, -0.25) is 0 Å². The highest BCUT2D eigenvalue weighted by molar-refractivity contribution is 6.97. The van der Waals surface area contributed by atoms with Crippen molar-refractivity contribution in [2.45, 2.75) is 25.3 Å². The summed E-state index contributed by atoms with van der Waals surface area (Å²) in [6, 6.07) is 54.1. The molecule has 230 valence electrons. The van der Waals surface area contributed by atoms with Gasteiger partial charge in [-0.2, -0.15) is 0 Å². The van der Waals surface area contributed by atoms with Gasteiger partial charge in [-0.1, -0.05) is 146 Å². The average Bonchev–Trinajstić information content (AvgIpc) is 3.12. The van der Waals surface area contributed by atoms with Crippen molar-refractivity contribution in [3.8, 4) is 0 Å². The van der Waals surface area contributed by atoms with E-state index in [4.69, 9.17) is 8.85 Å². The van der Waals surface area contributed by atoms with Gasteiger partial charge in [-0.25, -0.2) is 8.78 Å².